The summed E-state index contributed by atoms with van der Waals surface area (Å²) in [5.74, 6) is -2.46. The predicted octanol–water partition coefficient (Wildman–Crippen LogP) is 11.7. The normalized spacial score (nSPS) is 14.4. The molecule has 0 aromatic carbocycles. The van der Waals surface area contributed by atoms with Crippen LogP contribution in [-0.4, -0.2) is 59.9 Å². The highest BCUT2D eigenvalue weighted by atomic mass is 31.2. The van der Waals surface area contributed by atoms with Gasteiger partial charge in [-0.3, -0.25) is 23.4 Å². The lowest BCUT2D eigenvalue weighted by Crippen LogP contribution is -2.34. The molecule has 0 aliphatic carbocycles. The Morgan fingerprint density at radius 3 is 1.50 bits per heavy atom. The van der Waals surface area contributed by atoms with Crippen LogP contribution in [0.1, 0.15) is 168 Å². The van der Waals surface area contributed by atoms with Crippen LogP contribution in [0.4, 0.5) is 0 Å². The molecule has 0 aliphatic rings. The number of unbranched alkanes of at least 4 members (excludes halogenated alkanes) is 14. The smallest absolute Gasteiger partial charge is 0.472 e. The second-order valence-corrected chi connectivity index (χ2v) is 15.9. The van der Waals surface area contributed by atoms with E-state index in [2.05, 4.69) is 91.3 Å². The van der Waals surface area contributed by atoms with Gasteiger partial charge in [0.25, 0.3) is 0 Å². The number of hydrogen-bond acceptors (Lipinski definition) is 9. The first-order valence-electron chi connectivity index (χ1n) is 22.0. The van der Waals surface area contributed by atoms with Crippen molar-refractivity contribution < 1.29 is 47.5 Å². The van der Waals surface area contributed by atoms with Crippen LogP contribution >= 0.6 is 7.82 Å². The van der Waals surface area contributed by atoms with Crippen molar-refractivity contribution in [2.75, 3.05) is 19.8 Å². The largest absolute Gasteiger partial charge is 0.480 e. The number of ether oxygens (including phenoxy) is 2. The molecule has 0 amide bonds. The molecular weight excluding hydrogens is 757 g/mol. The number of phosphoric ester groups is 1. The first kappa shape index (κ1) is 54.9. The Balaban J connectivity index is 4.47. The molecule has 1 unspecified atom stereocenters. The van der Waals surface area contributed by atoms with Crippen molar-refractivity contribution in [2.45, 2.75) is 180 Å². The molecule has 12 heteroatoms. The number of aliphatic carboxylic acids is 1. The van der Waals surface area contributed by atoms with Crippen molar-refractivity contribution in [2.24, 2.45) is 5.73 Å². The van der Waals surface area contributed by atoms with Crippen molar-refractivity contribution in [1.29, 1.82) is 0 Å². The van der Waals surface area contributed by atoms with Gasteiger partial charge in [0.05, 0.1) is 13.2 Å². The van der Waals surface area contributed by atoms with Gasteiger partial charge in [0.15, 0.2) is 6.10 Å². The molecule has 0 saturated carbocycles. The minimum Gasteiger partial charge on any atom is -0.480 e. The van der Waals surface area contributed by atoms with E-state index >= 15 is 0 Å². The van der Waals surface area contributed by atoms with Crippen LogP contribution in [0.2, 0.25) is 0 Å². The molecule has 0 rings (SSSR count). The lowest BCUT2D eigenvalue weighted by atomic mass is 10.1. The number of nitrogens with two attached hydrogens (primary N) is 1. The van der Waals surface area contributed by atoms with E-state index in [0.29, 0.717) is 12.8 Å². The highest BCUT2D eigenvalue weighted by molar-refractivity contribution is 7.47. The van der Waals surface area contributed by atoms with Crippen LogP contribution in [0.25, 0.3) is 0 Å². The number of carboxylic acids is 1. The van der Waals surface area contributed by atoms with Gasteiger partial charge in [0, 0.05) is 12.8 Å². The highest BCUT2D eigenvalue weighted by Gasteiger charge is 2.28. The summed E-state index contributed by atoms with van der Waals surface area (Å²) in [6, 6.07) is -1.53. The van der Waals surface area contributed by atoms with Gasteiger partial charge in [-0.05, 0) is 83.5 Å². The summed E-state index contributed by atoms with van der Waals surface area (Å²) in [7, 11) is -4.73. The van der Waals surface area contributed by atoms with E-state index in [-0.39, 0.29) is 19.4 Å². The Kier molecular flexibility index (Phi) is 38.5. The van der Waals surface area contributed by atoms with Crippen molar-refractivity contribution >= 4 is 25.7 Å². The van der Waals surface area contributed by atoms with Gasteiger partial charge >= 0.3 is 25.7 Å². The molecule has 0 heterocycles. The maximum Gasteiger partial charge on any atom is 0.472 e. The Labute approximate surface area is 350 Å². The van der Waals surface area contributed by atoms with E-state index in [1.54, 1.807) is 0 Å². The summed E-state index contributed by atoms with van der Waals surface area (Å²) < 4.78 is 32.6. The molecule has 0 radical (unpaired) electrons. The number of carboxylic acid groups (broad SMARTS) is 1. The van der Waals surface area contributed by atoms with Crippen LogP contribution in [0, 0.1) is 0 Å². The van der Waals surface area contributed by atoms with Crippen LogP contribution in [0.5, 0.6) is 0 Å². The number of carbonyl (C=O) groups is 3. The molecule has 3 atom stereocenters. The molecule has 332 valence electrons. The Morgan fingerprint density at radius 2 is 0.966 bits per heavy atom. The Bertz CT molecular complexity index is 1260. The minimum absolute atomic E-state index is 0.115. The molecular formula is C46H78NO10P. The van der Waals surface area contributed by atoms with Gasteiger partial charge in [-0.1, -0.05) is 145 Å². The zero-order valence-electron chi connectivity index (χ0n) is 35.9. The molecule has 11 nitrogen and oxygen atoms in total. The monoisotopic (exact) mass is 836 g/mol. The van der Waals surface area contributed by atoms with Crippen LogP contribution in [0.3, 0.4) is 0 Å². The maximum absolute atomic E-state index is 12.6. The molecule has 0 spiro atoms. The predicted molar refractivity (Wildman–Crippen MR) is 235 cm³/mol. The number of carbonyl (C=O) groups excluding carboxylic acids is 2. The molecule has 4 N–H and O–H groups in total. The van der Waals surface area contributed by atoms with Gasteiger partial charge in [0.1, 0.15) is 12.6 Å². The van der Waals surface area contributed by atoms with E-state index < -0.39 is 51.1 Å². The average Bonchev–Trinajstić information content (AvgIpc) is 3.20. The highest BCUT2D eigenvalue weighted by Crippen LogP contribution is 2.43. The van der Waals surface area contributed by atoms with Crippen LogP contribution in [-0.2, 0) is 37.5 Å². The molecule has 0 aromatic heterocycles. The third-order valence-electron chi connectivity index (χ3n) is 8.94. The maximum atomic E-state index is 12.6. The average molecular weight is 836 g/mol. The third-order valence-corrected chi connectivity index (χ3v) is 9.89. The number of hydrogen-bond donors (Lipinski definition) is 3. The van der Waals surface area contributed by atoms with Crippen molar-refractivity contribution in [1.82, 2.24) is 0 Å². The quantitative estimate of drug-likeness (QED) is 0.0232. The van der Waals surface area contributed by atoms with E-state index in [0.717, 1.165) is 70.6 Å². The number of phosphoric acid groups is 1. The summed E-state index contributed by atoms with van der Waals surface area (Å²) in [4.78, 5) is 45.9. The standard InChI is InChI=1S/C46H78NO10P/c1-3-5-7-9-11-13-15-17-19-20-21-22-24-26-28-30-32-34-36-38-45(49)57-42(40-55-58(52,53)56-41-43(47)46(50)51)39-54-44(48)37-35-33-31-29-27-25-23-18-16-14-12-10-8-6-4-2/h5,7,11,13,17,19,21-22,26-29,42-43H,3-4,6,8-10,12,14-16,18,20,23-25,30-41,47H2,1-2H3,(H,50,51)(H,52,53)/b7-5+,13-11+,19-17+,22-21+,28-26+,29-27+/t42-,43+/m1/s1. The molecule has 0 saturated heterocycles. The van der Waals surface area contributed by atoms with Gasteiger partial charge in [0.2, 0.25) is 0 Å². The lowest BCUT2D eigenvalue weighted by molar-refractivity contribution is -0.161. The summed E-state index contributed by atoms with van der Waals surface area (Å²) in [5.41, 5.74) is 5.33. The van der Waals surface area contributed by atoms with Gasteiger partial charge in [-0.25, -0.2) is 4.57 Å². The van der Waals surface area contributed by atoms with E-state index in [9.17, 15) is 23.8 Å². The Morgan fingerprint density at radius 1 is 0.552 bits per heavy atom. The van der Waals surface area contributed by atoms with Gasteiger partial charge < -0.3 is 25.2 Å². The Hall–Kier alpha value is -3.08. The van der Waals surface area contributed by atoms with Gasteiger partial charge in [-0.2, -0.15) is 0 Å². The van der Waals surface area contributed by atoms with Crippen LogP contribution in [0.15, 0.2) is 72.9 Å². The first-order chi connectivity index (χ1) is 28.1. The molecule has 0 aliphatic heterocycles. The van der Waals surface area contributed by atoms with Crippen molar-refractivity contribution in [3.05, 3.63) is 72.9 Å². The van der Waals surface area contributed by atoms with E-state index in [1.807, 2.05) is 0 Å². The van der Waals surface area contributed by atoms with Crippen molar-refractivity contribution in [3.8, 4) is 0 Å². The fourth-order valence-electron chi connectivity index (χ4n) is 5.50. The minimum atomic E-state index is -4.73. The molecule has 58 heavy (non-hydrogen) atoms. The summed E-state index contributed by atoms with van der Waals surface area (Å²) in [5, 5.41) is 8.89. The van der Waals surface area contributed by atoms with E-state index in [1.165, 1.54) is 57.8 Å². The topological polar surface area (TPSA) is 172 Å². The number of esters is 2. The van der Waals surface area contributed by atoms with Crippen LogP contribution < -0.4 is 5.73 Å². The first-order valence-corrected chi connectivity index (χ1v) is 23.5. The second kappa shape index (κ2) is 40.7. The number of allylic oxidation sites excluding steroid dienone is 12. The summed E-state index contributed by atoms with van der Waals surface area (Å²) in [6.07, 6.45) is 48.3. The lowest BCUT2D eigenvalue weighted by Gasteiger charge is -2.20. The summed E-state index contributed by atoms with van der Waals surface area (Å²) in [6.45, 7) is 2.62. The fraction of sp³-hybridized carbons (Fsp3) is 0.674. The summed E-state index contributed by atoms with van der Waals surface area (Å²) >= 11 is 0. The molecule has 0 fully saturated rings. The fourth-order valence-corrected chi connectivity index (χ4v) is 6.27. The number of rotatable bonds is 40. The van der Waals surface area contributed by atoms with Crippen molar-refractivity contribution in [3.63, 3.8) is 0 Å². The molecule has 0 bridgehead atoms. The zero-order chi connectivity index (χ0) is 42.8. The molecule has 0 aromatic rings. The second-order valence-electron chi connectivity index (χ2n) is 14.4. The zero-order valence-corrected chi connectivity index (χ0v) is 36.8. The third kappa shape index (κ3) is 39.7. The van der Waals surface area contributed by atoms with E-state index in [4.69, 9.17) is 24.8 Å². The van der Waals surface area contributed by atoms with Gasteiger partial charge in [-0.15, -0.1) is 0 Å². The SMILES string of the molecule is CC/C=C/C/C=C/C/C=C/C/C=C/C/C=C/CCCCCC(=O)O[C@H](COC(=O)CCCC/C=C/CCCCCCCCCCC)COP(=O)(O)OC[C@H](N)C(=O)O.